The Kier molecular flexibility index (Phi) is 5.06. The molecule has 28 heavy (non-hydrogen) atoms. The molecule has 0 aliphatic heterocycles. The van der Waals surface area contributed by atoms with Crippen LogP contribution in [0.5, 0.6) is 0 Å². The number of hydrogen-bond acceptors (Lipinski definition) is 3. The lowest BCUT2D eigenvalue weighted by molar-refractivity contribution is -0.117. The van der Waals surface area contributed by atoms with Gasteiger partial charge in [-0.1, -0.05) is 30.3 Å². The van der Waals surface area contributed by atoms with Crippen molar-refractivity contribution in [2.45, 2.75) is 12.8 Å². The van der Waals surface area contributed by atoms with Gasteiger partial charge in [-0.2, -0.15) is 0 Å². The van der Waals surface area contributed by atoms with Gasteiger partial charge in [0.25, 0.3) is 5.91 Å². The molecule has 1 aliphatic rings. The summed E-state index contributed by atoms with van der Waals surface area (Å²) in [5.41, 5.74) is 3.61. The van der Waals surface area contributed by atoms with Crippen LogP contribution in [0.15, 0.2) is 78.9 Å². The number of amides is 2. The standard InChI is InChI=1S/C23H21N3O2/c27-22(16-10-11-16)26-21-9-5-4-8-20(21)23(28)25-19-14-12-18(13-15-19)24-17-6-2-1-3-7-17/h1-9,12-16,24H,10-11H2,(H,25,28)(H,26,27). The number of para-hydroxylation sites is 2. The molecule has 2 amide bonds. The molecule has 0 heterocycles. The molecular formula is C23H21N3O2. The first-order valence-electron chi connectivity index (χ1n) is 9.32. The molecule has 1 aliphatic carbocycles. The van der Waals surface area contributed by atoms with Crippen molar-refractivity contribution in [1.29, 1.82) is 0 Å². The topological polar surface area (TPSA) is 70.2 Å². The van der Waals surface area contributed by atoms with E-state index in [4.69, 9.17) is 0 Å². The SMILES string of the molecule is O=C(Nc1ccc(Nc2ccccc2)cc1)c1ccccc1NC(=O)C1CC1. The largest absolute Gasteiger partial charge is 0.356 e. The number of anilines is 4. The van der Waals surface area contributed by atoms with Crippen molar-refractivity contribution in [3.8, 4) is 0 Å². The molecule has 0 aromatic heterocycles. The lowest BCUT2D eigenvalue weighted by atomic mass is 10.1. The Morgan fingerprint density at radius 2 is 1.29 bits per heavy atom. The van der Waals surface area contributed by atoms with Crippen LogP contribution in [0.25, 0.3) is 0 Å². The summed E-state index contributed by atoms with van der Waals surface area (Å²) in [5.74, 6) is -0.187. The molecule has 0 unspecified atom stereocenters. The zero-order valence-corrected chi connectivity index (χ0v) is 15.3. The lowest BCUT2D eigenvalue weighted by Gasteiger charge is -2.12. The highest BCUT2D eigenvalue weighted by Gasteiger charge is 2.30. The Bertz CT molecular complexity index is 980. The monoisotopic (exact) mass is 371 g/mol. The highest BCUT2D eigenvalue weighted by Crippen LogP contribution is 2.31. The van der Waals surface area contributed by atoms with Gasteiger partial charge in [-0.25, -0.2) is 0 Å². The van der Waals surface area contributed by atoms with Gasteiger partial charge in [0.1, 0.15) is 0 Å². The van der Waals surface area contributed by atoms with E-state index in [0.29, 0.717) is 16.9 Å². The van der Waals surface area contributed by atoms with Crippen molar-refractivity contribution in [1.82, 2.24) is 0 Å². The van der Waals surface area contributed by atoms with Gasteiger partial charge in [-0.3, -0.25) is 9.59 Å². The maximum absolute atomic E-state index is 12.7. The Hall–Kier alpha value is -3.60. The molecule has 0 bridgehead atoms. The Balaban J connectivity index is 1.43. The Labute approximate surface area is 163 Å². The van der Waals surface area contributed by atoms with E-state index < -0.39 is 0 Å². The third kappa shape index (κ3) is 4.38. The van der Waals surface area contributed by atoms with E-state index in [-0.39, 0.29) is 17.7 Å². The van der Waals surface area contributed by atoms with E-state index in [1.165, 1.54) is 0 Å². The van der Waals surface area contributed by atoms with Crippen LogP contribution < -0.4 is 16.0 Å². The van der Waals surface area contributed by atoms with Crippen molar-refractivity contribution in [3.05, 3.63) is 84.4 Å². The highest BCUT2D eigenvalue weighted by atomic mass is 16.2. The third-order valence-corrected chi connectivity index (χ3v) is 4.58. The second-order valence-electron chi connectivity index (χ2n) is 6.83. The molecular weight excluding hydrogens is 350 g/mol. The van der Waals surface area contributed by atoms with Crippen LogP contribution in [-0.4, -0.2) is 11.8 Å². The third-order valence-electron chi connectivity index (χ3n) is 4.58. The van der Waals surface area contributed by atoms with Crippen LogP contribution in [-0.2, 0) is 4.79 Å². The fourth-order valence-electron chi connectivity index (χ4n) is 2.89. The van der Waals surface area contributed by atoms with Crippen molar-refractivity contribution < 1.29 is 9.59 Å². The summed E-state index contributed by atoms with van der Waals surface area (Å²) in [4.78, 5) is 24.7. The second-order valence-corrected chi connectivity index (χ2v) is 6.83. The molecule has 5 heteroatoms. The van der Waals surface area contributed by atoms with Gasteiger partial charge in [-0.15, -0.1) is 0 Å². The highest BCUT2D eigenvalue weighted by molar-refractivity contribution is 6.10. The van der Waals surface area contributed by atoms with Crippen LogP contribution in [0, 0.1) is 5.92 Å². The lowest BCUT2D eigenvalue weighted by Crippen LogP contribution is -2.19. The fourth-order valence-corrected chi connectivity index (χ4v) is 2.89. The molecule has 0 atom stereocenters. The van der Waals surface area contributed by atoms with E-state index >= 15 is 0 Å². The first kappa shape index (κ1) is 17.8. The van der Waals surface area contributed by atoms with Crippen molar-refractivity contribution in [3.63, 3.8) is 0 Å². The molecule has 4 rings (SSSR count). The quantitative estimate of drug-likeness (QED) is 0.569. The molecule has 0 radical (unpaired) electrons. The minimum atomic E-state index is -0.254. The summed E-state index contributed by atoms with van der Waals surface area (Å²) in [5, 5.41) is 9.06. The summed E-state index contributed by atoms with van der Waals surface area (Å²) < 4.78 is 0. The van der Waals surface area contributed by atoms with Crippen molar-refractivity contribution >= 4 is 34.6 Å². The molecule has 3 N–H and O–H groups in total. The van der Waals surface area contributed by atoms with E-state index in [1.807, 2.05) is 60.7 Å². The zero-order chi connectivity index (χ0) is 19.3. The molecule has 0 saturated heterocycles. The maximum atomic E-state index is 12.7. The van der Waals surface area contributed by atoms with Gasteiger partial charge >= 0.3 is 0 Å². The number of rotatable bonds is 6. The second kappa shape index (κ2) is 7.96. The minimum absolute atomic E-state index is 0.0170. The van der Waals surface area contributed by atoms with E-state index in [9.17, 15) is 9.59 Å². The normalized spacial score (nSPS) is 12.9. The van der Waals surface area contributed by atoms with Gasteiger partial charge in [-0.05, 0) is 61.4 Å². The number of benzene rings is 3. The zero-order valence-electron chi connectivity index (χ0n) is 15.3. The van der Waals surface area contributed by atoms with Gasteiger partial charge in [0, 0.05) is 23.0 Å². The Morgan fingerprint density at radius 1 is 0.679 bits per heavy atom. The average molecular weight is 371 g/mol. The summed E-state index contributed by atoms with van der Waals surface area (Å²) in [6.07, 6.45) is 1.84. The minimum Gasteiger partial charge on any atom is -0.356 e. The van der Waals surface area contributed by atoms with E-state index in [1.54, 1.807) is 18.2 Å². The number of nitrogens with one attached hydrogen (secondary N) is 3. The Morgan fingerprint density at radius 3 is 2.00 bits per heavy atom. The van der Waals surface area contributed by atoms with E-state index in [2.05, 4.69) is 16.0 Å². The first-order valence-corrected chi connectivity index (χ1v) is 9.32. The van der Waals surface area contributed by atoms with Gasteiger partial charge < -0.3 is 16.0 Å². The van der Waals surface area contributed by atoms with Gasteiger partial charge in [0.05, 0.1) is 11.3 Å². The fraction of sp³-hybridized carbons (Fsp3) is 0.130. The molecule has 3 aromatic rings. The summed E-state index contributed by atoms with van der Waals surface area (Å²) in [7, 11) is 0. The van der Waals surface area contributed by atoms with Crippen LogP contribution in [0.3, 0.4) is 0 Å². The maximum Gasteiger partial charge on any atom is 0.257 e. The van der Waals surface area contributed by atoms with Crippen LogP contribution in [0.1, 0.15) is 23.2 Å². The van der Waals surface area contributed by atoms with E-state index in [0.717, 1.165) is 24.2 Å². The smallest absolute Gasteiger partial charge is 0.257 e. The summed E-state index contributed by atoms with van der Waals surface area (Å²) >= 11 is 0. The average Bonchev–Trinajstić information content (AvgIpc) is 3.56. The van der Waals surface area contributed by atoms with Crippen LogP contribution >= 0.6 is 0 Å². The number of carbonyl (C=O) groups excluding carboxylic acids is 2. The molecule has 5 nitrogen and oxygen atoms in total. The molecule has 1 fully saturated rings. The summed E-state index contributed by atoms with van der Waals surface area (Å²) in [6.45, 7) is 0. The summed E-state index contributed by atoms with van der Waals surface area (Å²) in [6, 6.07) is 24.4. The van der Waals surface area contributed by atoms with Crippen LogP contribution in [0.4, 0.5) is 22.7 Å². The first-order chi connectivity index (χ1) is 13.7. The van der Waals surface area contributed by atoms with Gasteiger partial charge in [0.2, 0.25) is 5.91 Å². The molecule has 3 aromatic carbocycles. The van der Waals surface area contributed by atoms with Gasteiger partial charge in [0.15, 0.2) is 0 Å². The predicted octanol–water partition coefficient (Wildman–Crippen LogP) is 5.03. The number of hydrogen-bond donors (Lipinski definition) is 3. The molecule has 0 spiro atoms. The number of carbonyl (C=O) groups is 2. The van der Waals surface area contributed by atoms with Crippen LogP contribution in [0.2, 0.25) is 0 Å². The predicted molar refractivity (Wildman–Crippen MR) is 112 cm³/mol. The van der Waals surface area contributed by atoms with Crippen molar-refractivity contribution in [2.24, 2.45) is 5.92 Å². The molecule has 140 valence electrons. The van der Waals surface area contributed by atoms with Crippen molar-refractivity contribution in [2.75, 3.05) is 16.0 Å². The molecule has 1 saturated carbocycles.